The highest BCUT2D eigenvalue weighted by molar-refractivity contribution is 9.11. The number of rotatable bonds is 3. The summed E-state index contributed by atoms with van der Waals surface area (Å²) in [5, 5.41) is 0. The van der Waals surface area contributed by atoms with Gasteiger partial charge in [0.25, 0.3) is 10.0 Å². The fourth-order valence-electron chi connectivity index (χ4n) is 1.36. The highest BCUT2D eigenvalue weighted by atomic mass is 79.9. The maximum atomic E-state index is 12.8. The molecule has 0 N–H and O–H groups in total. The fourth-order valence-corrected chi connectivity index (χ4v) is 4.74. The van der Waals surface area contributed by atoms with Crippen molar-refractivity contribution < 1.29 is 12.8 Å². The number of anilines is 1. The van der Waals surface area contributed by atoms with Crippen LogP contribution in [-0.4, -0.2) is 15.5 Å². The quantitative estimate of drug-likeness (QED) is 0.850. The van der Waals surface area contributed by atoms with Crippen LogP contribution in [0, 0.1) is 5.82 Å². The number of nitrogens with zero attached hydrogens (tertiary/aromatic N) is 1. The Hall–Kier alpha value is -0.920. The minimum Gasteiger partial charge on any atom is -0.269 e. The molecule has 96 valence electrons. The van der Waals surface area contributed by atoms with Gasteiger partial charge in [0.2, 0.25) is 0 Å². The lowest BCUT2D eigenvalue weighted by Crippen LogP contribution is -2.25. The molecule has 0 radical (unpaired) electrons. The third kappa shape index (κ3) is 2.57. The molecule has 0 amide bonds. The van der Waals surface area contributed by atoms with Crippen LogP contribution >= 0.6 is 27.3 Å². The van der Waals surface area contributed by atoms with Gasteiger partial charge in [-0.15, -0.1) is 11.3 Å². The van der Waals surface area contributed by atoms with E-state index < -0.39 is 15.8 Å². The van der Waals surface area contributed by atoms with Crippen molar-refractivity contribution in [3.8, 4) is 0 Å². The Bertz CT molecular complexity index is 652. The minimum absolute atomic E-state index is 0.237. The average Bonchev–Trinajstić information content (AvgIpc) is 2.76. The molecule has 3 nitrogen and oxygen atoms in total. The molecule has 0 bridgehead atoms. The predicted molar refractivity (Wildman–Crippen MR) is 74.0 cm³/mol. The van der Waals surface area contributed by atoms with Crippen molar-refractivity contribution >= 4 is 43.0 Å². The van der Waals surface area contributed by atoms with Gasteiger partial charge in [0.1, 0.15) is 10.0 Å². The highest BCUT2D eigenvalue weighted by Gasteiger charge is 2.23. The number of thiophene rings is 1. The first kappa shape index (κ1) is 13.5. The summed E-state index contributed by atoms with van der Waals surface area (Å²) in [5.41, 5.74) is 0.418. The van der Waals surface area contributed by atoms with E-state index in [-0.39, 0.29) is 4.21 Å². The van der Waals surface area contributed by atoms with Crippen molar-refractivity contribution in [2.45, 2.75) is 4.21 Å². The maximum absolute atomic E-state index is 12.8. The Labute approximate surface area is 117 Å². The van der Waals surface area contributed by atoms with Crippen LogP contribution in [0.1, 0.15) is 0 Å². The van der Waals surface area contributed by atoms with Gasteiger partial charge >= 0.3 is 0 Å². The Kier molecular flexibility index (Phi) is 3.74. The summed E-state index contributed by atoms with van der Waals surface area (Å²) in [4.78, 5) is 0. The van der Waals surface area contributed by atoms with Crippen LogP contribution in [0.3, 0.4) is 0 Å². The van der Waals surface area contributed by atoms with Gasteiger partial charge in [0.05, 0.1) is 9.47 Å². The van der Waals surface area contributed by atoms with E-state index >= 15 is 0 Å². The number of sulfonamides is 1. The Balaban J connectivity index is 2.39. The third-order valence-corrected chi connectivity index (χ3v) is 6.23. The van der Waals surface area contributed by atoms with Gasteiger partial charge in [-0.25, -0.2) is 12.8 Å². The third-order valence-electron chi connectivity index (χ3n) is 2.35. The normalized spacial score (nSPS) is 11.5. The topological polar surface area (TPSA) is 37.4 Å². The number of halogens is 2. The van der Waals surface area contributed by atoms with Crippen LogP contribution in [0.15, 0.2) is 44.4 Å². The number of benzene rings is 1. The molecule has 0 aliphatic heterocycles. The molecule has 1 aromatic carbocycles. The van der Waals surface area contributed by atoms with Crippen molar-refractivity contribution in [2.24, 2.45) is 0 Å². The molecule has 0 saturated heterocycles. The fraction of sp³-hybridized carbons (Fsp3) is 0.0909. The van der Waals surface area contributed by atoms with Gasteiger partial charge in [-0.3, -0.25) is 4.31 Å². The molecule has 2 rings (SSSR count). The molecule has 0 aliphatic carbocycles. The molecule has 2 aromatic rings. The molecule has 1 aromatic heterocycles. The van der Waals surface area contributed by atoms with Crippen LogP contribution < -0.4 is 4.31 Å². The van der Waals surface area contributed by atoms with E-state index in [1.807, 2.05) is 0 Å². The SMILES string of the molecule is CN(c1ccc(F)cc1)S(=O)(=O)c1ccc(Br)s1. The largest absolute Gasteiger partial charge is 0.273 e. The van der Waals surface area contributed by atoms with Crippen LogP contribution in [0.4, 0.5) is 10.1 Å². The molecule has 0 spiro atoms. The highest BCUT2D eigenvalue weighted by Crippen LogP contribution is 2.30. The lowest BCUT2D eigenvalue weighted by atomic mass is 10.3. The van der Waals surface area contributed by atoms with Crippen molar-refractivity contribution in [3.63, 3.8) is 0 Å². The second-order valence-electron chi connectivity index (χ2n) is 3.51. The van der Waals surface area contributed by atoms with Crippen LogP contribution in [0.25, 0.3) is 0 Å². The summed E-state index contributed by atoms with van der Waals surface area (Å²) in [6.07, 6.45) is 0. The first-order valence-electron chi connectivity index (χ1n) is 4.91. The summed E-state index contributed by atoms with van der Waals surface area (Å²) < 4.78 is 39.4. The van der Waals surface area contributed by atoms with E-state index in [2.05, 4.69) is 15.9 Å². The van der Waals surface area contributed by atoms with Gasteiger partial charge in [-0.2, -0.15) is 0 Å². The van der Waals surface area contributed by atoms with Crippen LogP contribution in [0.5, 0.6) is 0 Å². The molecule has 18 heavy (non-hydrogen) atoms. The van der Waals surface area contributed by atoms with Crippen LogP contribution in [0.2, 0.25) is 0 Å². The van der Waals surface area contributed by atoms with Crippen molar-refractivity contribution in [1.29, 1.82) is 0 Å². The second-order valence-corrected chi connectivity index (χ2v) is 8.17. The van der Waals surface area contributed by atoms with Gasteiger partial charge < -0.3 is 0 Å². The van der Waals surface area contributed by atoms with Gasteiger partial charge in [0.15, 0.2) is 0 Å². The molecule has 0 atom stereocenters. The van der Waals surface area contributed by atoms with E-state index in [1.165, 1.54) is 37.4 Å². The smallest absolute Gasteiger partial charge is 0.269 e. The number of hydrogen-bond donors (Lipinski definition) is 0. The Morgan fingerprint density at radius 2 is 1.78 bits per heavy atom. The zero-order chi connectivity index (χ0) is 13.3. The van der Waals surface area contributed by atoms with Gasteiger partial charge in [0, 0.05) is 7.05 Å². The predicted octanol–water partition coefficient (Wildman–Crippen LogP) is 3.47. The molecule has 0 unspecified atom stereocenters. The zero-order valence-corrected chi connectivity index (χ0v) is 12.5. The molecule has 0 fully saturated rings. The monoisotopic (exact) mass is 349 g/mol. The molecule has 0 saturated carbocycles. The second kappa shape index (κ2) is 4.99. The molecule has 0 aliphatic rings. The average molecular weight is 350 g/mol. The van der Waals surface area contributed by atoms with Gasteiger partial charge in [-0.1, -0.05) is 0 Å². The van der Waals surface area contributed by atoms with Crippen molar-refractivity contribution in [1.82, 2.24) is 0 Å². The number of hydrogen-bond acceptors (Lipinski definition) is 3. The standard InChI is InChI=1S/C11H9BrFNO2S2/c1-14(9-4-2-8(13)3-5-9)18(15,16)11-7-6-10(12)17-11/h2-7H,1H3. The summed E-state index contributed by atoms with van der Waals surface area (Å²) in [7, 11) is -2.14. The summed E-state index contributed by atoms with van der Waals surface area (Å²) >= 11 is 4.36. The molecule has 7 heteroatoms. The lowest BCUT2D eigenvalue weighted by Gasteiger charge is -2.18. The van der Waals surface area contributed by atoms with Crippen molar-refractivity contribution in [3.05, 3.63) is 46.0 Å². The molecular weight excluding hydrogens is 341 g/mol. The van der Waals surface area contributed by atoms with Crippen molar-refractivity contribution in [2.75, 3.05) is 11.4 Å². The lowest BCUT2D eigenvalue weighted by molar-refractivity contribution is 0.596. The minimum atomic E-state index is -3.58. The van der Waals surface area contributed by atoms with E-state index in [9.17, 15) is 12.8 Å². The summed E-state index contributed by atoms with van der Waals surface area (Å²) in [6.45, 7) is 0. The summed E-state index contributed by atoms with van der Waals surface area (Å²) in [5.74, 6) is -0.400. The first-order chi connectivity index (χ1) is 8.41. The molecular formula is C11H9BrFNO2S2. The Morgan fingerprint density at radius 1 is 1.17 bits per heavy atom. The molecule has 1 heterocycles. The van der Waals surface area contributed by atoms with E-state index in [4.69, 9.17) is 0 Å². The zero-order valence-electron chi connectivity index (χ0n) is 9.30. The van der Waals surface area contributed by atoms with E-state index in [1.54, 1.807) is 6.07 Å². The Morgan fingerprint density at radius 3 is 2.28 bits per heavy atom. The van der Waals surface area contributed by atoms with E-state index in [0.29, 0.717) is 5.69 Å². The first-order valence-corrected chi connectivity index (χ1v) is 7.96. The van der Waals surface area contributed by atoms with E-state index in [0.717, 1.165) is 19.4 Å². The van der Waals surface area contributed by atoms with Gasteiger partial charge in [-0.05, 0) is 52.3 Å². The summed E-state index contributed by atoms with van der Waals surface area (Å²) in [6, 6.07) is 8.52. The maximum Gasteiger partial charge on any atom is 0.273 e. The van der Waals surface area contributed by atoms with Crippen LogP contribution in [-0.2, 0) is 10.0 Å².